The summed E-state index contributed by atoms with van der Waals surface area (Å²) in [5, 5.41) is 12.0. The number of rotatable bonds is 5. The largest absolute Gasteiger partial charge is 0.325 e. The van der Waals surface area contributed by atoms with Gasteiger partial charge in [0.05, 0.1) is 6.04 Å². The van der Waals surface area contributed by atoms with Crippen molar-refractivity contribution in [1.82, 2.24) is 14.9 Å². The molecule has 3 aromatic rings. The number of thioether (sulfide) groups is 1. The summed E-state index contributed by atoms with van der Waals surface area (Å²) in [4.78, 5) is 13.2. The quantitative estimate of drug-likeness (QED) is 0.687. The van der Waals surface area contributed by atoms with Crippen LogP contribution >= 0.6 is 11.8 Å². The number of amides is 1. The van der Waals surface area contributed by atoms with Gasteiger partial charge in [-0.15, -0.1) is 10.2 Å². The van der Waals surface area contributed by atoms with Crippen LogP contribution in [0.15, 0.2) is 59.8 Å². The predicted octanol–water partition coefficient (Wildman–Crippen LogP) is 3.94. The normalized spacial score (nSPS) is 18.2. The number of carbonyl (C=O) groups is 1. The Labute approximate surface area is 168 Å². The standard InChI is InChI=1S/C21H23N5OS/c1-3-8-17-23-24-21-26(17)25-18(15-10-5-4-6-11-15)19(28-21)20(27)22-16-12-7-9-14(2)13-16/h4-7,9-13,18-19,25H,3,8H2,1-2H3,(H,22,27)/t18-,19-/m0/s1. The lowest BCUT2D eigenvalue weighted by Gasteiger charge is -2.33. The van der Waals surface area contributed by atoms with Crippen molar-refractivity contribution in [1.29, 1.82) is 0 Å². The summed E-state index contributed by atoms with van der Waals surface area (Å²) in [5.74, 6) is 0.840. The zero-order chi connectivity index (χ0) is 19.5. The van der Waals surface area contributed by atoms with Gasteiger partial charge >= 0.3 is 0 Å². The summed E-state index contributed by atoms with van der Waals surface area (Å²) < 4.78 is 1.93. The number of anilines is 1. The Morgan fingerprint density at radius 1 is 1.18 bits per heavy atom. The maximum atomic E-state index is 13.2. The Balaban J connectivity index is 1.65. The molecule has 1 aliphatic heterocycles. The van der Waals surface area contributed by atoms with E-state index in [1.54, 1.807) is 0 Å². The van der Waals surface area contributed by atoms with Crippen LogP contribution < -0.4 is 10.7 Å². The second kappa shape index (κ2) is 8.06. The van der Waals surface area contributed by atoms with Gasteiger partial charge in [0.25, 0.3) is 0 Å². The molecule has 0 spiro atoms. The van der Waals surface area contributed by atoms with Crippen LogP contribution in [-0.4, -0.2) is 26.0 Å². The lowest BCUT2D eigenvalue weighted by atomic mass is 10.0. The lowest BCUT2D eigenvalue weighted by molar-refractivity contribution is -0.116. The highest BCUT2D eigenvalue weighted by Crippen LogP contribution is 2.37. The summed E-state index contributed by atoms with van der Waals surface area (Å²) in [5.41, 5.74) is 6.45. The minimum Gasteiger partial charge on any atom is -0.325 e. The first-order valence-corrected chi connectivity index (χ1v) is 10.3. The van der Waals surface area contributed by atoms with E-state index in [-0.39, 0.29) is 17.2 Å². The molecule has 4 rings (SSSR count). The molecule has 28 heavy (non-hydrogen) atoms. The first kappa shape index (κ1) is 18.6. The summed E-state index contributed by atoms with van der Waals surface area (Å²) in [7, 11) is 0. The third-order valence-electron chi connectivity index (χ3n) is 4.68. The summed E-state index contributed by atoms with van der Waals surface area (Å²) in [6, 6.07) is 17.7. The zero-order valence-corrected chi connectivity index (χ0v) is 16.7. The van der Waals surface area contributed by atoms with Crippen molar-refractivity contribution in [2.45, 2.75) is 43.1 Å². The molecule has 0 radical (unpaired) electrons. The van der Waals surface area contributed by atoms with E-state index in [4.69, 9.17) is 0 Å². The molecule has 2 N–H and O–H groups in total. The number of carbonyl (C=O) groups excluding carboxylic acids is 1. The molecular formula is C21H23N5OS. The van der Waals surface area contributed by atoms with Crippen LogP contribution in [0.2, 0.25) is 0 Å². The minimum atomic E-state index is -0.367. The van der Waals surface area contributed by atoms with Crippen molar-refractivity contribution in [2.24, 2.45) is 0 Å². The molecule has 1 amide bonds. The maximum Gasteiger partial charge on any atom is 0.240 e. The molecule has 144 valence electrons. The van der Waals surface area contributed by atoms with Crippen LogP contribution in [0, 0.1) is 6.92 Å². The Hall–Kier alpha value is -2.80. The maximum absolute atomic E-state index is 13.2. The van der Waals surface area contributed by atoms with Crippen LogP contribution in [0.3, 0.4) is 0 Å². The van der Waals surface area contributed by atoms with E-state index in [1.807, 2.05) is 66.2 Å². The number of fused-ring (bicyclic) bond motifs is 1. The lowest BCUT2D eigenvalue weighted by Crippen LogP contribution is -2.41. The van der Waals surface area contributed by atoms with Crippen molar-refractivity contribution in [3.05, 3.63) is 71.5 Å². The van der Waals surface area contributed by atoms with E-state index >= 15 is 0 Å². The molecule has 1 aromatic heterocycles. The molecule has 2 heterocycles. The van der Waals surface area contributed by atoms with Crippen LogP contribution in [0.5, 0.6) is 0 Å². The molecule has 1 aliphatic rings. The molecule has 7 heteroatoms. The van der Waals surface area contributed by atoms with Crippen LogP contribution in [0.25, 0.3) is 0 Å². The molecule has 2 atom stereocenters. The van der Waals surface area contributed by atoms with Gasteiger partial charge in [0, 0.05) is 12.1 Å². The third-order valence-corrected chi connectivity index (χ3v) is 5.90. The van der Waals surface area contributed by atoms with Crippen LogP contribution in [-0.2, 0) is 11.2 Å². The highest BCUT2D eigenvalue weighted by molar-refractivity contribution is 8.00. The number of hydrogen-bond donors (Lipinski definition) is 2. The van der Waals surface area contributed by atoms with Gasteiger partial charge in [-0.25, -0.2) is 4.68 Å². The molecule has 0 saturated carbocycles. The molecule has 6 nitrogen and oxygen atoms in total. The SMILES string of the molecule is CCCc1nnc2n1N[C@@H](c1ccccc1)[C@@H](C(=O)Nc1cccc(C)c1)S2. The fourth-order valence-electron chi connectivity index (χ4n) is 3.33. The van der Waals surface area contributed by atoms with Crippen molar-refractivity contribution in [3.8, 4) is 0 Å². The summed E-state index contributed by atoms with van der Waals surface area (Å²) in [6.45, 7) is 4.13. The second-order valence-electron chi connectivity index (χ2n) is 6.90. The smallest absolute Gasteiger partial charge is 0.240 e. The number of aryl methyl sites for hydroxylation is 2. The first-order chi connectivity index (χ1) is 13.7. The van der Waals surface area contributed by atoms with Gasteiger partial charge in [-0.2, -0.15) is 0 Å². The number of benzene rings is 2. The second-order valence-corrected chi connectivity index (χ2v) is 8.01. The Morgan fingerprint density at radius 3 is 2.75 bits per heavy atom. The number of aromatic nitrogens is 3. The van der Waals surface area contributed by atoms with Crippen molar-refractivity contribution < 1.29 is 4.79 Å². The van der Waals surface area contributed by atoms with Gasteiger partial charge in [0.15, 0.2) is 5.82 Å². The van der Waals surface area contributed by atoms with E-state index in [1.165, 1.54) is 11.8 Å². The Bertz CT molecular complexity index is 972. The van der Waals surface area contributed by atoms with Gasteiger partial charge in [-0.3, -0.25) is 4.79 Å². The molecule has 0 aliphatic carbocycles. The van der Waals surface area contributed by atoms with Crippen molar-refractivity contribution >= 4 is 23.4 Å². The molecule has 0 saturated heterocycles. The average Bonchev–Trinajstić information content (AvgIpc) is 3.10. The zero-order valence-electron chi connectivity index (χ0n) is 15.9. The highest BCUT2D eigenvalue weighted by atomic mass is 32.2. The predicted molar refractivity (Wildman–Crippen MR) is 112 cm³/mol. The van der Waals surface area contributed by atoms with Gasteiger partial charge in [-0.1, -0.05) is 61.2 Å². The van der Waals surface area contributed by atoms with E-state index < -0.39 is 0 Å². The van der Waals surface area contributed by atoms with Gasteiger partial charge in [-0.05, 0) is 36.6 Å². The minimum absolute atomic E-state index is 0.0526. The number of nitrogens with one attached hydrogen (secondary N) is 2. The van der Waals surface area contributed by atoms with E-state index in [0.717, 1.165) is 40.6 Å². The van der Waals surface area contributed by atoms with Crippen LogP contribution in [0.4, 0.5) is 5.69 Å². The fraction of sp³-hybridized carbons (Fsp3) is 0.286. The Kier molecular flexibility index (Phi) is 5.34. The monoisotopic (exact) mass is 393 g/mol. The van der Waals surface area contributed by atoms with Crippen molar-refractivity contribution in [2.75, 3.05) is 10.7 Å². The highest BCUT2D eigenvalue weighted by Gasteiger charge is 2.37. The first-order valence-electron chi connectivity index (χ1n) is 9.45. The molecule has 0 unspecified atom stereocenters. The van der Waals surface area contributed by atoms with Gasteiger partial charge < -0.3 is 10.7 Å². The molecular weight excluding hydrogens is 370 g/mol. The van der Waals surface area contributed by atoms with E-state index in [9.17, 15) is 4.79 Å². The molecule has 0 bridgehead atoms. The molecule has 2 aromatic carbocycles. The summed E-state index contributed by atoms with van der Waals surface area (Å²) in [6.07, 6.45) is 1.82. The van der Waals surface area contributed by atoms with E-state index in [2.05, 4.69) is 27.9 Å². The fourth-order valence-corrected chi connectivity index (χ4v) is 4.43. The summed E-state index contributed by atoms with van der Waals surface area (Å²) >= 11 is 1.45. The Morgan fingerprint density at radius 2 is 2.00 bits per heavy atom. The molecule has 0 fully saturated rings. The van der Waals surface area contributed by atoms with Crippen molar-refractivity contribution in [3.63, 3.8) is 0 Å². The third kappa shape index (κ3) is 3.75. The van der Waals surface area contributed by atoms with Crippen LogP contribution in [0.1, 0.15) is 36.3 Å². The van der Waals surface area contributed by atoms with Gasteiger partial charge in [0.2, 0.25) is 11.1 Å². The number of hydrogen-bond acceptors (Lipinski definition) is 5. The van der Waals surface area contributed by atoms with E-state index in [0.29, 0.717) is 0 Å². The topological polar surface area (TPSA) is 71.8 Å². The van der Waals surface area contributed by atoms with Gasteiger partial charge in [0.1, 0.15) is 5.25 Å². The average molecular weight is 394 g/mol. The number of nitrogens with zero attached hydrogens (tertiary/aromatic N) is 3.